The van der Waals surface area contributed by atoms with Crippen LogP contribution in [-0.4, -0.2) is 11.3 Å². The van der Waals surface area contributed by atoms with Gasteiger partial charge in [-0.3, -0.25) is 0 Å². The first kappa shape index (κ1) is 24.9. The van der Waals surface area contributed by atoms with E-state index in [1.165, 1.54) is 71.2 Å². The fourth-order valence-electron chi connectivity index (χ4n) is 5.01. The Kier molecular flexibility index (Phi) is 7.37. The summed E-state index contributed by atoms with van der Waals surface area (Å²) >= 11 is 1.46. The van der Waals surface area contributed by atoms with Gasteiger partial charge in [0.15, 0.2) is 0 Å². The number of hydrogen-bond donors (Lipinski definition) is 0. The summed E-state index contributed by atoms with van der Waals surface area (Å²) in [5.74, 6) is 0. The molecule has 0 bridgehead atoms. The van der Waals surface area contributed by atoms with Crippen molar-refractivity contribution in [2.24, 2.45) is 0 Å². The molecule has 0 radical (unpaired) electrons. The van der Waals surface area contributed by atoms with Crippen LogP contribution < -0.4 is 5.19 Å². The van der Waals surface area contributed by atoms with Crippen molar-refractivity contribution >= 4 is 43.6 Å². The Morgan fingerprint density at radius 3 is 1.92 bits per heavy atom. The van der Waals surface area contributed by atoms with Crippen LogP contribution in [0.25, 0.3) is 27.1 Å². The van der Waals surface area contributed by atoms with Crippen molar-refractivity contribution in [2.75, 3.05) is 0 Å². The first-order chi connectivity index (χ1) is 17.4. The molecule has 0 nitrogen and oxygen atoms in total. The molecule has 0 aliphatic heterocycles. The summed E-state index contributed by atoms with van der Waals surface area (Å²) in [6.07, 6.45) is 7.84. The molecule has 0 atom stereocenters. The van der Waals surface area contributed by atoms with E-state index in [2.05, 4.69) is 141 Å². The van der Waals surface area contributed by atoms with Crippen molar-refractivity contribution in [3.63, 3.8) is 0 Å². The van der Waals surface area contributed by atoms with Crippen LogP contribution in [0.2, 0.25) is 19.6 Å². The Morgan fingerprint density at radius 1 is 0.722 bits per heavy atom. The van der Waals surface area contributed by atoms with Gasteiger partial charge in [-0.2, -0.15) is 0 Å². The monoisotopic (exact) mass is 557 g/mol. The van der Waals surface area contributed by atoms with Crippen LogP contribution in [0.4, 0.5) is 0 Å². The molecule has 0 saturated heterocycles. The predicted molar refractivity (Wildman–Crippen MR) is 158 cm³/mol. The van der Waals surface area contributed by atoms with E-state index in [-0.39, 0.29) is 0 Å². The van der Waals surface area contributed by atoms with E-state index in [0.717, 1.165) is 6.42 Å². The molecular formula is C34H31SiZr-. The second-order valence-electron chi connectivity index (χ2n) is 10.4. The van der Waals surface area contributed by atoms with Gasteiger partial charge in [0, 0.05) is 0 Å². The van der Waals surface area contributed by atoms with E-state index in [9.17, 15) is 0 Å². The first-order valence-electron chi connectivity index (χ1n) is 12.6. The summed E-state index contributed by atoms with van der Waals surface area (Å²) in [5, 5.41) is 7.17. The molecule has 0 fully saturated rings. The Morgan fingerprint density at radius 2 is 1.33 bits per heavy atom. The topological polar surface area (TPSA) is 0 Å². The minimum atomic E-state index is -1.38. The third-order valence-corrected chi connectivity index (χ3v) is 10.3. The van der Waals surface area contributed by atoms with Crippen molar-refractivity contribution in [2.45, 2.75) is 26.1 Å². The average molecular weight is 559 g/mol. The van der Waals surface area contributed by atoms with Crippen LogP contribution in [0.1, 0.15) is 23.1 Å². The zero-order valence-electron chi connectivity index (χ0n) is 21.3. The molecule has 2 heteroatoms. The summed E-state index contributed by atoms with van der Waals surface area (Å²) in [7, 11) is -1.38. The van der Waals surface area contributed by atoms with Crippen molar-refractivity contribution in [1.29, 1.82) is 0 Å². The van der Waals surface area contributed by atoms with Crippen LogP contribution in [0.5, 0.6) is 0 Å². The zero-order chi connectivity index (χ0) is 25.1. The van der Waals surface area contributed by atoms with Crippen molar-refractivity contribution in [3.8, 4) is 0 Å². The molecule has 0 aromatic heterocycles. The van der Waals surface area contributed by atoms with Crippen LogP contribution in [0.3, 0.4) is 0 Å². The minimum absolute atomic E-state index is 1.07. The van der Waals surface area contributed by atoms with E-state index in [1.54, 1.807) is 5.19 Å². The summed E-state index contributed by atoms with van der Waals surface area (Å²) < 4.78 is 1.42. The quantitative estimate of drug-likeness (QED) is 0.153. The molecule has 0 N–H and O–H groups in total. The molecule has 0 heterocycles. The number of benzene rings is 4. The maximum atomic E-state index is 2.45. The molecule has 0 spiro atoms. The molecule has 0 unspecified atom stereocenters. The fourth-order valence-corrected chi connectivity index (χ4v) is 7.46. The Balaban J connectivity index is 0.000000165. The number of fused-ring (bicyclic) bond motifs is 3. The van der Waals surface area contributed by atoms with Crippen molar-refractivity contribution < 1.29 is 24.2 Å². The molecule has 176 valence electrons. The number of allylic oxidation sites excluding steroid dienone is 4. The van der Waals surface area contributed by atoms with Crippen molar-refractivity contribution in [1.82, 2.24) is 0 Å². The van der Waals surface area contributed by atoms with E-state index < -0.39 is 8.07 Å². The summed E-state index contributed by atoms with van der Waals surface area (Å²) in [5.41, 5.74) is 5.66. The van der Waals surface area contributed by atoms with Gasteiger partial charge in [0.05, 0.1) is 8.07 Å². The van der Waals surface area contributed by atoms with Crippen LogP contribution in [-0.2, 0) is 24.2 Å². The van der Waals surface area contributed by atoms with E-state index in [4.69, 9.17) is 0 Å². The SMILES string of the molecule is C[Si](C)(C)c1ccc2c([cH-]c3ccccc32)c1C1=CC=CC1.[Zr]=[C](c1ccccc1)c1ccccc1. The average Bonchev–Trinajstić information content (AvgIpc) is 3.57. The van der Waals surface area contributed by atoms with Gasteiger partial charge < -0.3 is 0 Å². The molecule has 36 heavy (non-hydrogen) atoms. The van der Waals surface area contributed by atoms with Crippen LogP contribution in [0, 0.1) is 0 Å². The summed E-state index contributed by atoms with van der Waals surface area (Å²) in [6.45, 7) is 7.34. The summed E-state index contributed by atoms with van der Waals surface area (Å²) in [4.78, 5) is 0. The fraction of sp³-hybridized carbons (Fsp3) is 0.118. The third kappa shape index (κ3) is 5.17. The van der Waals surface area contributed by atoms with Crippen molar-refractivity contribution in [3.05, 3.63) is 138 Å². The number of rotatable bonds is 4. The van der Waals surface area contributed by atoms with Crippen LogP contribution >= 0.6 is 0 Å². The first-order valence-corrected chi connectivity index (χ1v) is 17.3. The molecule has 5 aromatic carbocycles. The second-order valence-corrected chi connectivity index (χ2v) is 16.6. The maximum absolute atomic E-state index is 2.45. The van der Waals surface area contributed by atoms with Gasteiger partial charge in [0.25, 0.3) is 0 Å². The van der Waals surface area contributed by atoms with E-state index >= 15 is 0 Å². The Labute approximate surface area is 230 Å². The normalized spacial score (nSPS) is 12.9. The number of hydrogen-bond acceptors (Lipinski definition) is 0. The predicted octanol–water partition coefficient (Wildman–Crippen LogP) is 8.40. The van der Waals surface area contributed by atoms with Crippen LogP contribution in [0.15, 0.2) is 121 Å². The molecule has 0 amide bonds. The van der Waals surface area contributed by atoms with E-state index in [1.807, 2.05) is 0 Å². The molecule has 1 aliphatic carbocycles. The zero-order valence-corrected chi connectivity index (χ0v) is 24.7. The van der Waals surface area contributed by atoms with Gasteiger partial charge in [0.2, 0.25) is 0 Å². The molecule has 1 aliphatic rings. The second kappa shape index (κ2) is 10.7. The standard InChI is InChI=1S/C21H21Si.C13H10.Zr/c1-22(2,3)20-13-12-18-17-11-7-6-10-16(17)14-19(18)21(20)15-8-4-5-9-15;1-3-7-12(8-4-1)11-13-9-5-2-6-10-13;/h4-8,10-14H,9H2,1-3H3;1-10H;/q-1;;. The van der Waals surface area contributed by atoms with Gasteiger partial charge in [-0.05, 0) is 6.42 Å². The molecule has 5 aromatic rings. The molecule has 6 rings (SSSR count). The van der Waals surface area contributed by atoms with Gasteiger partial charge in [-0.25, -0.2) is 0 Å². The Bertz CT molecular complexity index is 1540. The van der Waals surface area contributed by atoms with E-state index in [0.29, 0.717) is 0 Å². The molecule has 0 saturated carbocycles. The van der Waals surface area contributed by atoms with Gasteiger partial charge in [-0.15, -0.1) is 33.7 Å². The van der Waals surface area contributed by atoms with Gasteiger partial charge >= 0.3 is 99.2 Å². The Hall–Kier alpha value is -2.80. The summed E-state index contributed by atoms with van der Waals surface area (Å²) in [6, 6.07) is 37.0. The van der Waals surface area contributed by atoms with Gasteiger partial charge in [-0.1, -0.05) is 84.5 Å². The third-order valence-electron chi connectivity index (χ3n) is 6.82. The molecular weight excluding hydrogens is 528 g/mol. The van der Waals surface area contributed by atoms with Gasteiger partial charge in [0.1, 0.15) is 0 Å².